The number of nitrogens with one attached hydrogen (secondary N) is 1. The van der Waals surface area contributed by atoms with Crippen molar-refractivity contribution >= 4 is 0 Å². The van der Waals surface area contributed by atoms with Crippen LogP contribution < -0.4 is 10.1 Å². The van der Waals surface area contributed by atoms with E-state index in [1.54, 1.807) is 19.1 Å². The number of ether oxygens (including phenoxy) is 1. The maximum atomic E-state index is 13.3. The van der Waals surface area contributed by atoms with Crippen molar-refractivity contribution in [3.05, 3.63) is 29.6 Å². The molecule has 0 bridgehead atoms. The topological polar surface area (TPSA) is 45.0 Å². The molecular weight excluding hydrogens is 243 g/mol. The molecule has 0 spiro atoms. The first kappa shape index (κ1) is 15.5. The van der Waals surface area contributed by atoms with Crippen molar-refractivity contribution in [1.82, 2.24) is 5.32 Å². The van der Waals surface area contributed by atoms with Crippen LogP contribution in [-0.4, -0.2) is 18.2 Å². The SMILES string of the molecule is Cc1ccc(OCCC(C)(C#N)NC(C)C)cc1F. The Morgan fingerprint density at radius 2 is 2.16 bits per heavy atom. The van der Waals surface area contributed by atoms with Gasteiger partial charge in [0.05, 0.1) is 12.7 Å². The lowest BCUT2D eigenvalue weighted by atomic mass is 9.99. The Morgan fingerprint density at radius 3 is 2.68 bits per heavy atom. The molecule has 0 aromatic heterocycles. The minimum Gasteiger partial charge on any atom is -0.493 e. The van der Waals surface area contributed by atoms with Gasteiger partial charge in [0.1, 0.15) is 17.1 Å². The zero-order valence-corrected chi connectivity index (χ0v) is 12.0. The summed E-state index contributed by atoms with van der Waals surface area (Å²) in [7, 11) is 0. The van der Waals surface area contributed by atoms with E-state index in [4.69, 9.17) is 4.74 Å². The summed E-state index contributed by atoms with van der Waals surface area (Å²) >= 11 is 0. The van der Waals surface area contributed by atoms with E-state index in [0.29, 0.717) is 24.3 Å². The third kappa shape index (κ3) is 4.88. The van der Waals surface area contributed by atoms with Gasteiger partial charge in [0.15, 0.2) is 0 Å². The number of rotatable bonds is 6. The number of halogens is 1. The average molecular weight is 264 g/mol. The fourth-order valence-electron chi connectivity index (χ4n) is 1.83. The molecule has 0 aliphatic carbocycles. The molecule has 104 valence electrons. The van der Waals surface area contributed by atoms with Gasteiger partial charge in [-0.05, 0) is 39.3 Å². The molecule has 0 heterocycles. The second-order valence-electron chi connectivity index (χ2n) is 5.25. The van der Waals surface area contributed by atoms with Crippen LogP contribution in [0, 0.1) is 24.1 Å². The van der Waals surface area contributed by atoms with Gasteiger partial charge in [-0.15, -0.1) is 0 Å². The van der Waals surface area contributed by atoms with Gasteiger partial charge in [-0.2, -0.15) is 5.26 Å². The lowest BCUT2D eigenvalue weighted by molar-refractivity contribution is 0.259. The quantitative estimate of drug-likeness (QED) is 0.858. The molecule has 3 nitrogen and oxygen atoms in total. The Kier molecular flexibility index (Phi) is 5.31. The van der Waals surface area contributed by atoms with Crippen molar-refractivity contribution in [2.75, 3.05) is 6.61 Å². The number of benzene rings is 1. The summed E-state index contributed by atoms with van der Waals surface area (Å²) in [6.07, 6.45) is 0.539. The van der Waals surface area contributed by atoms with Crippen LogP contribution in [0.1, 0.15) is 32.8 Å². The van der Waals surface area contributed by atoms with Crippen molar-refractivity contribution in [2.24, 2.45) is 0 Å². The number of nitriles is 1. The number of hydrogen-bond donors (Lipinski definition) is 1. The second kappa shape index (κ2) is 6.53. The lowest BCUT2D eigenvalue weighted by Crippen LogP contribution is -2.45. The highest BCUT2D eigenvalue weighted by Gasteiger charge is 2.24. The van der Waals surface area contributed by atoms with Gasteiger partial charge in [0.25, 0.3) is 0 Å². The lowest BCUT2D eigenvalue weighted by Gasteiger charge is -2.25. The summed E-state index contributed by atoms with van der Waals surface area (Å²) in [5.74, 6) is 0.216. The molecule has 0 aliphatic rings. The monoisotopic (exact) mass is 264 g/mol. The van der Waals surface area contributed by atoms with Gasteiger partial charge in [-0.3, -0.25) is 5.32 Å². The normalized spacial score (nSPS) is 13.9. The van der Waals surface area contributed by atoms with Crippen LogP contribution in [0.3, 0.4) is 0 Å². The van der Waals surface area contributed by atoms with E-state index < -0.39 is 5.54 Å². The third-order valence-electron chi connectivity index (χ3n) is 2.87. The van der Waals surface area contributed by atoms with Crippen LogP contribution in [0.5, 0.6) is 5.75 Å². The maximum Gasteiger partial charge on any atom is 0.129 e. The van der Waals surface area contributed by atoms with Crippen molar-refractivity contribution in [2.45, 2.75) is 45.7 Å². The molecule has 1 rings (SSSR count). The molecule has 0 amide bonds. The highest BCUT2D eigenvalue weighted by Crippen LogP contribution is 2.17. The van der Waals surface area contributed by atoms with Gasteiger partial charge in [-0.25, -0.2) is 4.39 Å². The molecule has 0 aliphatic heterocycles. The van der Waals surface area contributed by atoms with E-state index in [0.717, 1.165) is 0 Å². The number of nitrogens with zero attached hydrogens (tertiary/aromatic N) is 1. The summed E-state index contributed by atoms with van der Waals surface area (Å²) in [6.45, 7) is 7.90. The van der Waals surface area contributed by atoms with E-state index >= 15 is 0 Å². The van der Waals surface area contributed by atoms with Gasteiger partial charge in [0, 0.05) is 18.5 Å². The summed E-state index contributed by atoms with van der Waals surface area (Å²) in [5, 5.41) is 12.4. The minimum absolute atomic E-state index is 0.224. The fraction of sp³-hybridized carbons (Fsp3) is 0.533. The van der Waals surface area contributed by atoms with Crippen molar-refractivity contribution < 1.29 is 9.13 Å². The fourth-order valence-corrected chi connectivity index (χ4v) is 1.83. The molecule has 1 aromatic rings. The smallest absolute Gasteiger partial charge is 0.129 e. The first-order valence-electron chi connectivity index (χ1n) is 6.44. The highest BCUT2D eigenvalue weighted by atomic mass is 19.1. The largest absolute Gasteiger partial charge is 0.493 e. The Bertz CT molecular complexity index is 468. The van der Waals surface area contributed by atoms with Gasteiger partial charge in [-0.1, -0.05) is 6.07 Å². The third-order valence-corrected chi connectivity index (χ3v) is 2.87. The van der Waals surface area contributed by atoms with E-state index in [1.165, 1.54) is 6.07 Å². The molecule has 0 saturated heterocycles. The summed E-state index contributed by atoms with van der Waals surface area (Å²) in [6, 6.07) is 7.26. The molecule has 19 heavy (non-hydrogen) atoms. The first-order chi connectivity index (χ1) is 8.86. The second-order valence-corrected chi connectivity index (χ2v) is 5.25. The predicted molar refractivity (Wildman–Crippen MR) is 73.5 cm³/mol. The molecular formula is C15H21FN2O. The zero-order valence-electron chi connectivity index (χ0n) is 12.0. The summed E-state index contributed by atoms with van der Waals surface area (Å²) < 4.78 is 18.8. The van der Waals surface area contributed by atoms with Crippen molar-refractivity contribution in [1.29, 1.82) is 5.26 Å². The van der Waals surface area contributed by atoms with Crippen LogP contribution in [0.25, 0.3) is 0 Å². The van der Waals surface area contributed by atoms with Crippen LogP contribution in [0.2, 0.25) is 0 Å². The molecule has 0 radical (unpaired) electrons. The molecule has 1 atom stereocenters. The molecule has 4 heteroatoms. The minimum atomic E-state index is -0.628. The van der Waals surface area contributed by atoms with E-state index in [-0.39, 0.29) is 11.9 Å². The summed E-state index contributed by atoms with van der Waals surface area (Å²) in [5.41, 5.74) is -0.0343. The van der Waals surface area contributed by atoms with Crippen molar-refractivity contribution in [3.63, 3.8) is 0 Å². The Morgan fingerprint density at radius 1 is 1.47 bits per heavy atom. The molecule has 1 aromatic carbocycles. The van der Waals surface area contributed by atoms with Crippen molar-refractivity contribution in [3.8, 4) is 11.8 Å². The maximum absolute atomic E-state index is 13.3. The number of aryl methyl sites for hydroxylation is 1. The molecule has 1 N–H and O–H groups in total. The van der Waals surface area contributed by atoms with Crippen LogP contribution in [-0.2, 0) is 0 Å². The average Bonchev–Trinajstić information content (AvgIpc) is 2.33. The molecule has 0 fully saturated rings. The predicted octanol–water partition coefficient (Wildman–Crippen LogP) is 3.18. The standard InChI is InChI=1S/C15H21FN2O/c1-11(2)18-15(4,10-17)7-8-19-13-6-5-12(3)14(16)9-13/h5-6,9,11,18H,7-8H2,1-4H3. The molecule has 0 saturated carbocycles. The van der Waals surface area contributed by atoms with Gasteiger partial charge < -0.3 is 4.74 Å². The van der Waals surface area contributed by atoms with E-state index in [1.807, 2.05) is 20.8 Å². The Balaban J connectivity index is 2.53. The van der Waals surface area contributed by atoms with Crippen LogP contribution >= 0.6 is 0 Å². The van der Waals surface area contributed by atoms with Gasteiger partial charge in [0.2, 0.25) is 0 Å². The summed E-state index contributed by atoms with van der Waals surface area (Å²) in [4.78, 5) is 0. The molecule has 1 unspecified atom stereocenters. The van der Waals surface area contributed by atoms with Crippen LogP contribution in [0.15, 0.2) is 18.2 Å². The van der Waals surface area contributed by atoms with E-state index in [2.05, 4.69) is 11.4 Å². The number of hydrogen-bond acceptors (Lipinski definition) is 3. The first-order valence-corrected chi connectivity index (χ1v) is 6.44. The van der Waals surface area contributed by atoms with Gasteiger partial charge >= 0.3 is 0 Å². The Labute approximate surface area is 114 Å². The Hall–Kier alpha value is -1.60. The highest BCUT2D eigenvalue weighted by molar-refractivity contribution is 5.28. The van der Waals surface area contributed by atoms with E-state index in [9.17, 15) is 9.65 Å². The van der Waals surface area contributed by atoms with Crippen LogP contribution in [0.4, 0.5) is 4.39 Å². The zero-order chi connectivity index (χ0) is 14.5.